The maximum atomic E-state index is 13.2. The minimum atomic E-state index is -0.748. The van der Waals surface area contributed by atoms with E-state index in [-0.39, 0.29) is 11.7 Å². The molecule has 2 aromatic carbocycles. The lowest BCUT2D eigenvalue weighted by atomic mass is 9.94. The predicted octanol–water partition coefficient (Wildman–Crippen LogP) is 6.97. The number of hydrogen-bond acceptors (Lipinski definition) is 5. The van der Waals surface area contributed by atoms with Crippen LogP contribution in [0.2, 0.25) is 0 Å². The highest BCUT2D eigenvalue weighted by atomic mass is 32.1. The van der Waals surface area contributed by atoms with Crippen LogP contribution in [-0.4, -0.2) is 65.1 Å². The van der Waals surface area contributed by atoms with Crippen LogP contribution in [0.25, 0.3) is 0 Å². The van der Waals surface area contributed by atoms with Crippen molar-refractivity contribution < 1.29 is 14.3 Å². The molecular weight excluding hydrogens is 521 g/mol. The maximum absolute atomic E-state index is 13.2. The van der Waals surface area contributed by atoms with Gasteiger partial charge in [0.2, 0.25) is 0 Å². The number of hydrogen-bond donors (Lipinski definition) is 1. The highest BCUT2D eigenvalue weighted by Gasteiger charge is 2.32. The number of thiazole rings is 1. The molecule has 3 heterocycles. The topological polar surface area (TPSA) is 56.7 Å². The van der Waals surface area contributed by atoms with E-state index in [1.54, 1.807) is 17.0 Å². The first-order valence-corrected chi connectivity index (χ1v) is 15.6. The molecule has 2 aliphatic rings. The molecule has 5 nitrogen and oxygen atoms in total. The summed E-state index contributed by atoms with van der Waals surface area (Å²) < 4.78 is 13.2. The van der Waals surface area contributed by atoms with Crippen LogP contribution in [-0.2, 0) is 17.6 Å². The molecular formula is C33H44FN3O2S. The second-order valence-corrected chi connectivity index (χ2v) is 12.3. The summed E-state index contributed by atoms with van der Waals surface area (Å²) in [6.45, 7) is 8.16. The van der Waals surface area contributed by atoms with Crippen molar-refractivity contribution in [3.05, 3.63) is 87.1 Å². The smallest absolute Gasteiger partial charge is 0.320 e. The molecule has 2 saturated heterocycles. The lowest BCUT2D eigenvalue weighted by Gasteiger charge is -2.28. The number of rotatable bonds is 9. The van der Waals surface area contributed by atoms with Gasteiger partial charge >= 0.3 is 5.97 Å². The van der Waals surface area contributed by atoms with Gasteiger partial charge in [-0.25, -0.2) is 9.37 Å². The van der Waals surface area contributed by atoms with Crippen LogP contribution in [0.4, 0.5) is 4.39 Å². The van der Waals surface area contributed by atoms with Crippen molar-refractivity contribution in [2.75, 3.05) is 33.2 Å². The monoisotopic (exact) mass is 565 g/mol. The first-order chi connectivity index (χ1) is 19.4. The van der Waals surface area contributed by atoms with E-state index in [1.807, 2.05) is 29.2 Å². The fourth-order valence-corrected chi connectivity index (χ4v) is 7.30. The van der Waals surface area contributed by atoms with Gasteiger partial charge in [-0.3, -0.25) is 9.69 Å². The lowest BCUT2D eigenvalue weighted by molar-refractivity contribution is -0.143. The Morgan fingerprint density at radius 1 is 1.05 bits per heavy atom. The number of benzene rings is 2. The highest BCUT2D eigenvalue weighted by molar-refractivity contribution is 7.11. The summed E-state index contributed by atoms with van der Waals surface area (Å²) in [6, 6.07) is 16.9. The number of piperidine rings is 1. The predicted molar refractivity (Wildman–Crippen MR) is 162 cm³/mol. The van der Waals surface area contributed by atoms with Gasteiger partial charge in [0.15, 0.2) is 0 Å². The summed E-state index contributed by atoms with van der Waals surface area (Å²) in [7, 11) is 2.23. The average molecular weight is 566 g/mol. The van der Waals surface area contributed by atoms with E-state index in [4.69, 9.17) is 4.98 Å². The Morgan fingerprint density at radius 3 is 2.42 bits per heavy atom. The minimum absolute atomic E-state index is 0.223. The molecule has 0 spiro atoms. The molecule has 2 aliphatic heterocycles. The molecule has 0 amide bonds. The van der Waals surface area contributed by atoms with Crippen LogP contribution in [0.3, 0.4) is 0 Å². The van der Waals surface area contributed by atoms with Crippen LogP contribution >= 0.6 is 11.3 Å². The molecule has 1 aromatic heterocycles. The van der Waals surface area contributed by atoms with Gasteiger partial charge in [-0.2, -0.15) is 0 Å². The number of aromatic nitrogens is 1. The SMILES string of the molecule is CCCC(C(=O)O)N1CCC(c2cccc(F)c2)C1.CCc1nc(Cc2ccccc2)sc1C1CCN(C)CC1. The fraction of sp³-hybridized carbons (Fsp3) is 0.515. The molecule has 0 bridgehead atoms. The fourth-order valence-electron chi connectivity index (χ4n) is 5.94. The molecule has 0 saturated carbocycles. The molecule has 2 fully saturated rings. The molecule has 1 N–H and O–H groups in total. The largest absolute Gasteiger partial charge is 0.480 e. The van der Waals surface area contributed by atoms with Gasteiger partial charge in [0.05, 0.1) is 10.7 Å². The van der Waals surface area contributed by atoms with Crippen LogP contribution in [0.1, 0.15) is 84.5 Å². The molecule has 2 unspecified atom stereocenters. The maximum Gasteiger partial charge on any atom is 0.320 e. The first kappa shape index (κ1) is 30.4. The Balaban J connectivity index is 0.000000186. The standard InChI is InChI=1S/C18H24N2S.C15H20FNO2/c1-3-16-18(15-9-11-20(2)12-10-15)21-17(19-16)13-14-7-5-4-6-8-14;1-2-4-14(15(18)19)17-8-7-12(10-17)11-5-3-6-13(16)9-11/h4-8,15H,3,9-13H2,1-2H3;3,5-6,9,12,14H,2,4,7-8,10H2,1H3,(H,18,19). The third kappa shape index (κ3) is 8.21. The molecule has 7 heteroatoms. The van der Waals surface area contributed by atoms with Gasteiger partial charge in [-0.1, -0.05) is 62.7 Å². The number of carbonyl (C=O) groups is 1. The number of likely N-dealkylation sites (tertiary alicyclic amines) is 2. The number of nitrogens with zero attached hydrogens (tertiary/aromatic N) is 3. The van der Waals surface area contributed by atoms with E-state index < -0.39 is 12.0 Å². The minimum Gasteiger partial charge on any atom is -0.480 e. The average Bonchev–Trinajstić information content (AvgIpc) is 3.60. The van der Waals surface area contributed by atoms with Crippen molar-refractivity contribution in [3.8, 4) is 0 Å². The van der Waals surface area contributed by atoms with Crippen molar-refractivity contribution in [1.29, 1.82) is 0 Å². The van der Waals surface area contributed by atoms with Crippen molar-refractivity contribution in [2.45, 2.75) is 76.7 Å². The molecule has 3 aromatic rings. The van der Waals surface area contributed by atoms with E-state index in [0.717, 1.165) is 43.7 Å². The van der Waals surface area contributed by atoms with Gasteiger partial charge in [-0.15, -0.1) is 11.3 Å². The first-order valence-electron chi connectivity index (χ1n) is 14.8. The Bertz CT molecular complexity index is 1210. The number of carboxylic acids is 1. The Kier molecular flexibility index (Phi) is 11.3. The second-order valence-electron chi connectivity index (χ2n) is 11.2. The molecule has 2 atom stereocenters. The van der Waals surface area contributed by atoms with E-state index in [2.05, 4.69) is 49.2 Å². The van der Waals surface area contributed by atoms with Crippen LogP contribution in [0.5, 0.6) is 0 Å². The van der Waals surface area contributed by atoms with Gasteiger partial charge in [-0.05, 0) is 93.9 Å². The Labute approximate surface area is 243 Å². The lowest BCUT2D eigenvalue weighted by Crippen LogP contribution is -2.39. The van der Waals surface area contributed by atoms with Crippen LogP contribution in [0.15, 0.2) is 54.6 Å². The van der Waals surface area contributed by atoms with Crippen molar-refractivity contribution in [2.24, 2.45) is 0 Å². The normalized spacial score (nSPS) is 19.2. The van der Waals surface area contributed by atoms with Gasteiger partial charge in [0, 0.05) is 17.8 Å². The molecule has 40 heavy (non-hydrogen) atoms. The van der Waals surface area contributed by atoms with Crippen molar-refractivity contribution in [3.63, 3.8) is 0 Å². The zero-order chi connectivity index (χ0) is 28.5. The van der Waals surface area contributed by atoms with Crippen molar-refractivity contribution >= 4 is 17.3 Å². The molecule has 0 aliphatic carbocycles. The summed E-state index contributed by atoms with van der Waals surface area (Å²) in [4.78, 5) is 22.2. The summed E-state index contributed by atoms with van der Waals surface area (Å²) in [5.74, 6) is 0.00798. The number of aryl methyl sites for hydroxylation is 1. The van der Waals surface area contributed by atoms with Crippen LogP contribution in [0, 0.1) is 5.82 Å². The number of carboxylic acid groups (broad SMARTS) is 1. The zero-order valence-corrected chi connectivity index (χ0v) is 25.0. The van der Waals surface area contributed by atoms with E-state index in [9.17, 15) is 14.3 Å². The quantitative estimate of drug-likeness (QED) is 0.304. The molecule has 5 rings (SSSR count). The van der Waals surface area contributed by atoms with Gasteiger partial charge in [0.25, 0.3) is 0 Å². The number of halogens is 1. The summed E-state index contributed by atoms with van der Waals surface area (Å²) in [5, 5.41) is 10.5. The van der Waals surface area contributed by atoms with Gasteiger partial charge < -0.3 is 10.0 Å². The molecule has 216 valence electrons. The molecule has 0 radical (unpaired) electrons. The Morgan fingerprint density at radius 2 is 1.77 bits per heavy atom. The van der Waals surface area contributed by atoms with Crippen LogP contribution < -0.4 is 0 Å². The van der Waals surface area contributed by atoms with E-state index in [1.165, 1.54) is 48.3 Å². The van der Waals surface area contributed by atoms with Crippen molar-refractivity contribution in [1.82, 2.24) is 14.8 Å². The second kappa shape index (κ2) is 14.9. The van der Waals surface area contributed by atoms with Gasteiger partial charge in [0.1, 0.15) is 11.9 Å². The zero-order valence-electron chi connectivity index (χ0n) is 24.2. The van der Waals surface area contributed by atoms with E-state index in [0.29, 0.717) is 13.0 Å². The van der Waals surface area contributed by atoms with E-state index >= 15 is 0 Å². The summed E-state index contributed by atoms with van der Waals surface area (Å²) >= 11 is 1.96. The third-order valence-corrected chi connectivity index (χ3v) is 9.48. The Hall–Kier alpha value is -2.61. The summed E-state index contributed by atoms with van der Waals surface area (Å²) in [6.07, 6.45) is 7.05. The summed E-state index contributed by atoms with van der Waals surface area (Å²) in [5.41, 5.74) is 3.69. The third-order valence-electron chi connectivity index (χ3n) is 8.22. The highest BCUT2D eigenvalue weighted by Crippen LogP contribution is 2.35. The number of aliphatic carboxylic acids is 1.